The smallest absolute Gasteiger partial charge is 0.234 e. The van der Waals surface area contributed by atoms with Gasteiger partial charge in [-0.1, -0.05) is 64.8 Å². The molecule has 3 nitrogen and oxygen atoms in total. The molecule has 0 radical (unpaired) electrons. The van der Waals surface area contributed by atoms with Crippen LogP contribution in [0.25, 0.3) is 10.9 Å². The van der Waals surface area contributed by atoms with Crippen LogP contribution in [0.2, 0.25) is 15.1 Å². The molecule has 0 saturated carbocycles. The van der Waals surface area contributed by atoms with Crippen molar-refractivity contribution >= 4 is 69.1 Å². The predicted octanol–water partition coefficient (Wildman–Crippen LogP) is 6.23. The molecule has 128 valence electrons. The van der Waals surface area contributed by atoms with E-state index in [1.807, 2.05) is 37.3 Å². The first-order chi connectivity index (χ1) is 11.9. The summed E-state index contributed by atoms with van der Waals surface area (Å²) in [6.07, 6.45) is 0. The Morgan fingerprint density at radius 1 is 1.08 bits per heavy atom. The van der Waals surface area contributed by atoms with E-state index in [9.17, 15) is 4.79 Å². The number of carbonyl (C=O) groups is 1. The number of benzene rings is 2. The van der Waals surface area contributed by atoms with Crippen LogP contribution in [0.5, 0.6) is 0 Å². The number of aromatic nitrogens is 1. The summed E-state index contributed by atoms with van der Waals surface area (Å²) in [5.74, 6) is 0.0133. The molecule has 0 saturated heterocycles. The quantitative estimate of drug-likeness (QED) is 0.408. The highest BCUT2D eigenvalue weighted by atomic mass is 35.5. The largest absolute Gasteiger partial charge is 0.324 e. The summed E-state index contributed by atoms with van der Waals surface area (Å²) >= 11 is 19.3. The molecule has 25 heavy (non-hydrogen) atoms. The van der Waals surface area contributed by atoms with E-state index in [0.717, 1.165) is 21.5 Å². The van der Waals surface area contributed by atoms with Gasteiger partial charge in [0.25, 0.3) is 0 Å². The molecule has 0 aliphatic carbocycles. The van der Waals surface area contributed by atoms with Crippen molar-refractivity contribution in [2.24, 2.45) is 0 Å². The van der Waals surface area contributed by atoms with Gasteiger partial charge >= 0.3 is 0 Å². The summed E-state index contributed by atoms with van der Waals surface area (Å²) in [5, 5.41) is 5.66. The second-order valence-electron chi connectivity index (χ2n) is 5.38. The molecular weight excluding hydrogens is 399 g/mol. The van der Waals surface area contributed by atoms with Crippen LogP contribution < -0.4 is 5.32 Å². The number of halogens is 3. The minimum Gasteiger partial charge on any atom is -0.324 e. The standard InChI is InChI=1S/C18H13Cl3N2OS/c1-10-6-18(23-15-5-3-2-4-11(10)15)25-9-17(24)22-16-8-13(20)12(19)7-14(16)21/h2-8H,9H2,1H3,(H,22,24). The Balaban J connectivity index is 1.69. The van der Waals surface area contributed by atoms with Crippen LogP contribution in [-0.4, -0.2) is 16.6 Å². The van der Waals surface area contributed by atoms with E-state index < -0.39 is 0 Å². The summed E-state index contributed by atoms with van der Waals surface area (Å²) in [6, 6.07) is 12.9. The fourth-order valence-corrected chi connectivity index (χ4v) is 3.70. The molecule has 0 atom stereocenters. The zero-order chi connectivity index (χ0) is 18.0. The van der Waals surface area contributed by atoms with E-state index in [-0.39, 0.29) is 11.7 Å². The molecule has 7 heteroatoms. The highest BCUT2D eigenvalue weighted by Gasteiger charge is 2.11. The third kappa shape index (κ3) is 4.39. The maximum atomic E-state index is 12.2. The van der Waals surface area contributed by atoms with E-state index in [1.165, 1.54) is 23.9 Å². The average molecular weight is 412 g/mol. The van der Waals surface area contributed by atoms with Crippen LogP contribution in [-0.2, 0) is 4.79 Å². The number of para-hydroxylation sites is 1. The van der Waals surface area contributed by atoms with Crippen LogP contribution >= 0.6 is 46.6 Å². The van der Waals surface area contributed by atoms with Gasteiger partial charge in [-0.2, -0.15) is 0 Å². The van der Waals surface area contributed by atoms with Gasteiger partial charge in [-0.05, 0) is 36.8 Å². The van der Waals surface area contributed by atoms with Gasteiger partial charge in [0.15, 0.2) is 0 Å². The molecule has 1 amide bonds. The fraction of sp³-hybridized carbons (Fsp3) is 0.111. The van der Waals surface area contributed by atoms with Crippen molar-refractivity contribution in [3.63, 3.8) is 0 Å². The lowest BCUT2D eigenvalue weighted by Gasteiger charge is -2.09. The second kappa shape index (κ2) is 7.83. The molecule has 0 fully saturated rings. The van der Waals surface area contributed by atoms with E-state index in [0.29, 0.717) is 20.8 Å². The van der Waals surface area contributed by atoms with Gasteiger partial charge in [-0.25, -0.2) is 4.98 Å². The van der Waals surface area contributed by atoms with Crippen molar-refractivity contribution in [1.82, 2.24) is 4.98 Å². The summed E-state index contributed by atoms with van der Waals surface area (Å²) in [4.78, 5) is 16.8. The van der Waals surface area contributed by atoms with Crippen LogP contribution in [0, 0.1) is 6.92 Å². The van der Waals surface area contributed by atoms with Crippen molar-refractivity contribution in [3.8, 4) is 0 Å². The first kappa shape index (κ1) is 18.3. The molecule has 0 spiro atoms. The molecule has 2 aromatic carbocycles. The Labute approximate surface area is 164 Å². The van der Waals surface area contributed by atoms with Gasteiger partial charge in [0.1, 0.15) is 0 Å². The van der Waals surface area contributed by atoms with E-state index in [4.69, 9.17) is 34.8 Å². The maximum Gasteiger partial charge on any atom is 0.234 e. The van der Waals surface area contributed by atoms with Crippen LogP contribution in [0.3, 0.4) is 0 Å². The number of aryl methyl sites for hydroxylation is 1. The molecule has 0 unspecified atom stereocenters. The Bertz CT molecular complexity index is 962. The van der Waals surface area contributed by atoms with Gasteiger partial charge in [0, 0.05) is 5.39 Å². The highest BCUT2D eigenvalue weighted by molar-refractivity contribution is 7.99. The predicted molar refractivity (Wildman–Crippen MR) is 107 cm³/mol. The summed E-state index contributed by atoms with van der Waals surface area (Å²) in [6.45, 7) is 2.03. The van der Waals surface area contributed by atoms with E-state index in [2.05, 4.69) is 10.3 Å². The molecule has 1 N–H and O–H groups in total. The zero-order valence-corrected chi connectivity index (χ0v) is 16.2. The van der Waals surface area contributed by atoms with Crippen molar-refractivity contribution < 1.29 is 4.79 Å². The van der Waals surface area contributed by atoms with Gasteiger partial charge in [-0.15, -0.1) is 0 Å². The van der Waals surface area contributed by atoms with Crippen molar-refractivity contribution in [1.29, 1.82) is 0 Å². The lowest BCUT2D eigenvalue weighted by Crippen LogP contribution is -2.14. The average Bonchev–Trinajstić information content (AvgIpc) is 2.58. The molecule has 1 heterocycles. The molecule has 3 aromatic rings. The molecule has 3 rings (SSSR count). The lowest BCUT2D eigenvalue weighted by atomic mass is 10.1. The normalized spacial score (nSPS) is 10.9. The number of nitrogens with one attached hydrogen (secondary N) is 1. The van der Waals surface area contributed by atoms with Crippen LogP contribution in [0.1, 0.15) is 5.56 Å². The molecular formula is C18H13Cl3N2OS. The number of anilines is 1. The third-order valence-electron chi connectivity index (χ3n) is 3.53. The fourth-order valence-electron chi connectivity index (χ4n) is 2.34. The molecule has 1 aromatic heterocycles. The highest BCUT2D eigenvalue weighted by Crippen LogP contribution is 2.32. The first-order valence-electron chi connectivity index (χ1n) is 7.37. The van der Waals surface area contributed by atoms with Gasteiger partial charge < -0.3 is 5.32 Å². The Hall–Kier alpha value is -1.46. The summed E-state index contributed by atoms with van der Waals surface area (Å²) in [7, 11) is 0. The first-order valence-corrected chi connectivity index (χ1v) is 9.49. The van der Waals surface area contributed by atoms with Gasteiger partial charge in [0.2, 0.25) is 5.91 Å². The number of hydrogen-bond donors (Lipinski definition) is 1. The number of amides is 1. The number of fused-ring (bicyclic) bond motifs is 1. The number of rotatable bonds is 4. The number of hydrogen-bond acceptors (Lipinski definition) is 3. The Kier molecular flexibility index (Phi) is 5.74. The third-order valence-corrected chi connectivity index (χ3v) is 5.48. The minimum absolute atomic E-state index is 0.196. The van der Waals surface area contributed by atoms with Crippen LogP contribution in [0.4, 0.5) is 5.69 Å². The number of carbonyl (C=O) groups excluding carboxylic acids is 1. The zero-order valence-electron chi connectivity index (χ0n) is 13.1. The van der Waals surface area contributed by atoms with E-state index >= 15 is 0 Å². The van der Waals surface area contributed by atoms with Gasteiger partial charge in [0.05, 0.1) is 37.1 Å². The van der Waals surface area contributed by atoms with Gasteiger partial charge in [-0.3, -0.25) is 4.79 Å². The Morgan fingerprint density at radius 3 is 2.60 bits per heavy atom. The number of thioether (sulfide) groups is 1. The molecule has 0 aliphatic heterocycles. The van der Waals surface area contributed by atoms with E-state index in [1.54, 1.807) is 0 Å². The number of pyridine rings is 1. The second-order valence-corrected chi connectivity index (χ2v) is 7.59. The molecule has 0 bridgehead atoms. The van der Waals surface area contributed by atoms with Crippen molar-refractivity contribution in [3.05, 3.63) is 63.1 Å². The van der Waals surface area contributed by atoms with Crippen molar-refractivity contribution in [2.45, 2.75) is 11.9 Å². The Morgan fingerprint density at radius 2 is 1.80 bits per heavy atom. The van der Waals surface area contributed by atoms with Crippen LogP contribution in [0.15, 0.2) is 47.5 Å². The summed E-state index contributed by atoms with van der Waals surface area (Å²) < 4.78 is 0. The lowest BCUT2D eigenvalue weighted by molar-refractivity contribution is -0.113. The number of nitrogens with zero attached hydrogens (tertiary/aromatic N) is 1. The monoisotopic (exact) mass is 410 g/mol. The van der Waals surface area contributed by atoms with Crippen molar-refractivity contribution in [2.75, 3.05) is 11.1 Å². The SMILES string of the molecule is Cc1cc(SCC(=O)Nc2cc(Cl)c(Cl)cc2Cl)nc2ccccc12. The molecule has 0 aliphatic rings. The summed E-state index contributed by atoms with van der Waals surface area (Å²) in [5.41, 5.74) is 2.48. The minimum atomic E-state index is -0.196. The topological polar surface area (TPSA) is 42.0 Å². The maximum absolute atomic E-state index is 12.2.